The van der Waals surface area contributed by atoms with Gasteiger partial charge >= 0.3 is 5.91 Å². The van der Waals surface area contributed by atoms with Gasteiger partial charge in [0.25, 0.3) is 11.5 Å². The van der Waals surface area contributed by atoms with E-state index in [0.29, 0.717) is 23.6 Å². The Hall–Kier alpha value is -4.77. The molecule has 10 nitrogen and oxygen atoms in total. The van der Waals surface area contributed by atoms with Crippen LogP contribution in [-0.4, -0.2) is 40.4 Å². The summed E-state index contributed by atoms with van der Waals surface area (Å²) in [6.07, 6.45) is 0. The van der Waals surface area contributed by atoms with Gasteiger partial charge in [0, 0.05) is 17.7 Å². The summed E-state index contributed by atoms with van der Waals surface area (Å²) in [7, 11) is 1.50. The van der Waals surface area contributed by atoms with Crippen molar-refractivity contribution < 1.29 is 29.1 Å². The number of Topliss-reactive ketones (excluding diaryl/α,β-unsaturated/α-hetero) is 1. The van der Waals surface area contributed by atoms with Gasteiger partial charge in [0.2, 0.25) is 0 Å². The van der Waals surface area contributed by atoms with Crippen LogP contribution in [0.15, 0.2) is 72.3 Å². The van der Waals surface area contributed by atoms with Crippen LogP contribution in [0.3, 0.4) is 0 Å². The van der Waals surface area contributed by atoms with E-state index in [1.807, 2.05) is 6.92 Å². The van der Waals surface area contributed by atoms with Gasteiger partial charge in [-0.1, -0.05) is 23.5 Å². The van der Waals surface area contributed by atoms with Gasteiger partial charge in [0.05, 0.1) is 40.5 Å². The molecule has 11 heteroatoms. The zero-order valence-corrected chi connectivity index (χ0v) is 21.1. The lowest BCUT2D eigenvalue weighted by molar-refractivity contribution is -0.384. The Morgan fingerprint density at radius 1 is 1.11 bits per heavy atom. The largest absolute Gasteiger partial charge is 0.507 e. The summed E-state index contributed by atoms with van der Waals surface area (Å²) < 4.78 is 11.4. The highest BCUT2D eigenvalue weighted by Crippen LogP contribution is 2.45. The average Bonchev–Trinajstić information content (AvgIpc) is 3.46. The molecule has 1 N–H and O–H groups in total. The molecule has 1 fully saturated rings. The fraction of sp³-hybridized carbons (Fsp3) is 0.148. The number of non-ortho nitro benzene ring substituents is 1. The Balaban J connectivity index is 1.70. The Bertz CT molecular complexity index is 1610. The number of nitro benzene ring substituents is 1. The van der Waals surface area contributed by atoms with E-state index in [-0.39, 0.29) is 27.5 Å². The van der Waals surface area contributed by atoms with Crippen molar-refractivity contribution in [2.75, 3.05) is 18.6 Å². The predicted molar refractivity (Wildman–Crippen MR) is 142 cm³/mol. The number of carbonyl (C=O) groups is 2. The Kier molecular flexibility index (Phi) is 6.52. The van der Waals surface area contributed by atoms with Crippen molar-refractivity contribution in [3.8, 4) is 11.5 Å². The lowest BCUT2D eigenvalue weighted by Crippen LogP contribution is -2.29. The number of ether oxygens (including phenoxy) is 2. The number of methoxy groups -OCH3 is 1. The highest BCUT2D eigenvalue weighted by atomic mass is 32.1. The van der Waals surface area contributed by atoms with Crippen LogP contribution in [0, 0.1) is 10.1 Å². The molecule has 1 aromatic heterocycles. The highest BCUT2D eigenvalue weighted by Gasteiger charge is 2.48. The summed E-state index contributed by atoms with van der Waals surface area (Å²) in [6, 6.07) is 16.1. The number of fused-ring (bicyclic) bond motifs is 1. The van der Waals surface area contributed by atoms with Crippen molar-refractivity contribution >= 4 is 49.8 Å². The molecule has 5 rings (SSSR count). The van der Waals surface area contributed by atoms with E-state index in [2.05, 4.69) is 4.98 Å². The maximum atomic E-state index is 13.4. The number of aliphatic hydroxyl groups is 1. The number of amides is 1. The first-order valence-corrected chi connectivity index (χ1v) is 12.4. The molecule has 4 aromatic rings. The van der Waals surface area contributed by atoms with Crippen molar-refractivity contribution in [1.82, 2.24) is 4.98 Å². The van der Waals surface area contributed by atoms with Gasteiger partial charge in [-0.05, 0) is 55.0 Å². The van der Waals surface area contributed by atoms with E-state index < -0.39 is 28.4 Å². The number of aliphatic hydroxyl groups excluding tert-OH is 1. The number of rotatable bonds is 7. The summed E-state index contributed by atoms with van der Waals surface area (Å²) in [5, 5.41) is 23.0. The number of thiazole rings is 1. The predicted octanol–water partition coefficient (Wildman–Crippen LogP) is 5.24. The molecular weight excluding hydrogens is 510 g/mol. The number of hydrogen-bond donors (Lipinski definition) is 1. The maximum absolute atomic E-state index is 13.4. The molecule has 1 unspecified atom stereocenters. The van der Waals surface area contributed by atoms with E-state index in [4.69, 9.17) is 9.47 Å². The van der Waals surface area contributed by atoms with Gasteiger partial charge in [-0.25, -0.2) is 4.98 Å². The van der Waals surface area contributed by atoms with E-state index in [0.717, 1.165) is 4.70 Å². The molecule has 1 aliphatic heterocycles. The third-order valence-corrected chi connectivity index (χ3v) is 7.09. The molecule has 0 saturated carbocycles. The molecule has 1 saturated heterocycles. The lowest BCUT2D eigenvalue weighted by atomic mass is 9.95. The fourth-order valence-electron chi connectivity index (χ4n) is 4.31. The summed E-state index contributed by atoms with van der Waals surface area (Å²) in [4.78, 5) is 43.5. The second-order valence-electron chi connectivity index (χ2n) is 8.31. The molecular formula is C27H21N3O7S. The molecule has 2 heterocycles. The van der Waals surface area contributed by atoms with Gasteiger partial charge in [0.1, 0.15) is 17.3 Å². The van der Waals surface area contributed by atoms with Crippen LogP contribution in [0.1, 0.15) is 24.1 Å². The zero-order chi connectivity index (χ0) is 27.0. The Morgan fingerprint density at radius 3 is 2.53 bits per heavy atom. The van der Waals surface area contributed by atoms with Crippen LogP contribution in [0.25, 0.3) is 16.0 Å². The topological polar surface area (TPSA) is 132 Å². The van der Waals surface area contributed by atoms with Crippen LogP contribution in [0.2, 0.25) is 0 Å². The van der Waals surface area contributed by atoms with Crippen molar-refractivity contribution in [2.24, 2.45) is 0 Å². The quantitative estimate of drug-likeness (QED) is 0.113. The van der Waals surface area contributed by atoms with E-state index in [1.165, 1.54) is 41.5 Å². The van der Waals surface area contributed by atoms with Gasteiger partial charge in [-0.15, -0.1) is 0 Å². The fourth-order valence-corrected chi connectivity index (χ4v) is 5.33. The Labute approximate surface area is 220 Å². The molecule has 38 heavy (non-hydrogen) atoms. The first-order valence-electron chi connectivity index (χ1n) is 11.6. The van der Waals surface area contributed by atoms with Crippen molar-refractivity contribution in [1.29, 1.82) is 0 Å². The van der Waals surface area contributed by atoms with Gasteiger partial charge in [-0.2, -0.15) is 0 Å². The number of anilines is 1. The number of aromatic nitrogens is 1. The van der Waals surface area contributed by atoms with Crippen LogP contribution in [0.4, 0.5) is 10.8 Å². The molecule has 1 aliphatic rings. The minimum Gasteiger partial charge on any atom is -0.507 e. The van der Waals surface area contributed by atoms with Crippen LogP contribution in [0.5, 0.6) is 11.5 Å². The van der Waals surface area contributed by atoms with E-state index >= 15 is 0 Å². The SMILES string of the molecule is CCOc1ccc2nc(N3C(=O)C(=O)/C(=C(/O)c4ccc(OC)cc4)C3c3cccc([N+](=O)[O-])c3)sc2c1. The second kappa shape index (κ2) is 9.94. The summed E-state index contributed by atoms with van der Waals surface area (Å²) in [6.45, 7) is 2.34. The van der Waals surface area contributed by atoms with Crippen molar-refractivity contribution in [2.45, 2.75) is 13.0 Å². The van der Waals surface area contributed by atoms with Crippen molar-refractivity contribution in [3.63, 3.8) is 0 Å². The minimum atomic E-state index is -1.15. The van der Waals surface area contributed by atoms with Gasteiger partial charge in [0.15, 0.2) is 5.13 Å². The molecule has 3 aromatic carbocycles. The summed E-state index contributed by atoms with van der Waals surface area (Å²) >= 11 is 1.17. The number of benzene rings is 3. The molecule has 192 valence electrons. The van der Waals surface area contributed by atoms with Crippen LogP contribution < -0.4 is 14.4 Å². The second-order valence-corrected chi connectivity index (χ2v) is 9.32. The number of nitro groups is 1. The third-order valence-electron chi connectivity index (χ3n) is 6.07. The molecule has 0 spiro atoms. The Morgan fingerprint density at radius 2 is 1.84 bits per heavy atom. The molecule has 0 radical (unpaired) electrons. The van der Waals surface area contributed by atoms with Crippen molar-refractivity contribution in [3.05, 3.63) is 93.5 Å². The number of nitrogens with zero attached hydrogens (tertiary/aromatic N) is 3. The lowest BCUT2D eigenvalue weighted by Gasteiger charge is -2.22. The molecule has 1 atom stereocenters. The van der Waals surface area contributed by atoms with Crippen LogP contribution in [-0.2, 0) is 9.59 Å². The first kappa shape index (κ1) is 24.9. The number of hydrogen-bond acceptors (Lipinski definition) is 9. The zero-order valence-electron chi connectivity index (χ0n) is 20.3. The number of carbonyl (C=O) groups excluding carboxylic acids is 2. The smallest absolute Gasteiger partial charge is 0.301 e. The van der Waals surface area contributed by atoms with Gasteiger partial charge in [-0.3, -0.25) is 24.6 Å². The highest BCUT2D eigenvalue weighted by molar-refractivity contribution is 7.22. The summed E-state index contributed by atoms with van der Waals surface area (Å²) in [5.74, 6) is -1.07. The average molecular weight is 532 g/mol. The monoisotopic (exact) mass is 531 g/mol. The first-order chi connectivity index (χ1) is 18.3. The third kappa shape index (κ3) is 4.33. The van der Waals surface area contributed by atoms with Crippen LogP contribution >= 0.6 is 11.3 Å². The molecule has 0 bridgehead atoms. The maximum Gasteiger partial charge on any atom is 0.301 e. The molecule has 0 aliphatic carbocycles. The number of ketones is 1. The van der Waals surface area contributed by atoms with E-state index in [9.17, 15) is 24.8 Å². The minimum absolute atomic E-state index is 0.199. The summed E-state index contributed by atoms with van der Waals surface area (Å²) in [5.41, 5.74) is 0.731. The normalized spacial score (nSPS) is 16.7. The van der Waals surface area contributed by atoms with Gasteiger partial charge < -0.3 is 14.6 Å². The molecule has 1 amide bonds. The van der Waals surface area contributed by atoms with E-state index in [1.54, 1.807) is 48.5 Å². The standard InChI is InChI=1S/C27H21N3O7S/c1-3-37-19-11-12-20-21(14-19)38-27(28-20)29-23(16-5-4-6-17(13-16)30(34)35)22(25(32)26(29)33)24(31)15-7-9-18(36-2)10-8-15/h4-14,23,31H,3H2,1-2H3/b24-22+.